The molecule has 0 bridgehead atoms. The highest BCUT2D eigenvalue weighted by Crippen LogP contribution is 2.39. The molecule has 6 nitrogen and oxygen atoms in total. The standard InChI is InChI=1S/C17H16Cl2N2O.C17H15Cl2NO2/c1-10-11-4-2-7-16(20)13(11)9-21(10)17(22)8-12-14(18)5-3-6-15(12)19;1-10-11-4-2-7-16(21)13(11)9-20(10)17(22)8-12-14(18)5-3-6-15(12)19/h2-7,10H,8-9,20H2,1H3;2-7,10,21H,8-9H2,1H3. The molecule has 0 saturated carbocycles. The van der Waals surface area contributed by atoms with Gasteiger partial charge < -0.3 is 20.6 Å². The first-order valence-corrected chi connectivity index (χ1v) is 15.6. The maximum atomic E-state index is 12.7. The first kappa shape index (κ1) is 32.0. The average Bonchev–Trinajstić information content (AvgIpc) is 3.52. The van der Waals surface area contributed by atoms with Gasteiger partial charge in [0.15, 0.2) is 0 Å². The minimum Gasteiger partial charge on any atom is -0.508 e. The predicted octanol–water partition coefficient (Wildman–Crippen LogP) is 8.57. The van der Waals surface area contributed by atoms with Crippen molar-refractivity contribution in [2.75, 3.05) is 5.73 Å². The second-order valence-electron chi connectivity index (χ2n) is 10.9. The number of fused-ring (bicyclic) bond motifs is 2. The minimum absolute atomic E-state index is 0.00176. The van der Waals surface area contributed by atoms with Crippen LogP contribution in [0.1, 0.15) is 59.3 Å². The van der Waals surface area contributed by atoms with Crippen molar-refractivity contribution in [3.8, 4) is 5.75 Å². The lowest BCUT2D eigenvalue weighted by molar-refractivity contribution is -0.133. The van der Waals surface area contributed by atoms with E-state index in [2.05, 4.69) is 0 Å². The summed E-state index contributed by atoms with van der Waals surface area (Å²) in [6.07, 6.45) is 0.342. The highest BCUT2D eigenvalue weighted by Gasteiger charge is 2.33. The van der Waals surface area contributed by atoms with Gasteiger partial charge in [-0.15, -0.1) is 0 Å². The van der Waals surface area contributed by atoms with Gasteiger partial charge in [-0.25, -0.2) is 0 Å². The summed E-state index contributed by atoms with van der Waals surface area (Å²) >= 11 is 24.6. The fraction of sp³-hybridized carbons (Fsp3) is 0.235. The van der Waals surface area contributed by atoms with Gasteiger partial charge in [0.2, 0.25) is 11.8 Å². The number of hydrogen-bond donors (Lipinski definition) is 2. The van der Waals surface area contributed by atoms with Crippen molar-refractivity contribution in [3.05, 3.63) is 126 Å². The Morgan fingerprint density at radius 1 is 0.682 bits per heavy atom. The third-order valence-electron chi connectivity index (χ3n) is 8.35. The summed E-state index contributed by atoms with van der Waals surface area (Å²) in [5.74, 6) is 0.173. The van der Waals surface area contributed by atoms with Crippen LogP contribution in [-0.4, -0.2) is 26.7 Å². The van der Waals surface area contributed by atoms with E-state index in [4.69, 9.17) is 52.1 Å². The molecule has 2 aliphatic heterocycles. The fourth-order valence-electron chi connectivity index (χ4n) is 5.82. The van der Waals surface area contributed by atoms with Crippen LogP contribution in [-0.2, 0) is 35.5 Å². The van der Waals surface area contributed by atoms with E-state index in [-0.39, 0.29) is 42.5 Å². The van der Waals surface area contributed by atoms with Crippen molar-refractivity contribution in [1.29, 1.82) is 0 Å². The van der Waals surface area contributed by atoms with E-state index >= 15 is 0 Å². The fourth-order valence-corrected chi connectivity index (χ4v) is 6.88. The molecule has 2 amide bonds. The highest BCUT2D eigenvalue weighted by molar-refractivity contribution is 6.36. The van der Waals surface area contributed by atoms with E-state index in [9.17, 15) is 14.7 Å². The number of halogens is 4. The topological polar surface area (TPSA) is 86.9 Å². The van der Waals surface area contributed by atoms with Crippen LogP contribution in [0.5, 0.6) is 5.75 Å². The van der Waals surface area contributed by atoms with Crippen LogP contribution in [0.4, 0.5) is 5.69 Å². The van der Waals surface area contributed by atoms with Crippen molar-refractivity contribution < 1.29 is 14.7 Å². The number of aromatic hydroxyl groups is 1. The molecule has 2 heterocycles. The monoisotopic (exact) mass is 669 g/mol. The molecule has 4 aromatic rings. The van der Waals surface area contributed by atoms with Gasteiger partial charge in [0.05, 0.1) is 31.5 Å². The molecule has 0 radical (unpaired) electrons. The SMILES string of the molecule is CC1c2cccc(N)c2CN1C(=O)Cc1c(Cl)cccc1Cl.CC1c2cccc(O)c2CN1C(=O)Cc1c(Cl)cccc1Cl. The molecular weight excluding hydrogens is 640 g/mol. The number of carbonyl (C=O) groups excluding carboxylic acids is 2. The zero-order chi connectivity index (χ0) is 31.7. The molecule has 228 valence electrons. The van der Waals surface area contributed by atoms with E-state index < -0.39 is 0 Å². The Morgan fingerprint density at radius 3 is 1.50 bits per heavy atom. The normalized spacial score (nSPS) is 16.7. The Hall–Kier alpha value is -3.42. The zero-order valence-electron chi connectivity index (χ0n) is 24.2. The molecule has 4 aromatic carbocycles. The number of nitrogen functional groups attached to an aromatic ring is 1. The summed E-state index contributed by atoms with van der Waals surface area (Å²) in [5, 5.41) is 12.0. The largest absolute Gasteiger partial charge is 0.508 e. The third kappa shape index (κ3) is 6.36. The van der Waals surface area contributed by atoms with Crippen LogP contribution >= 0.6 is 46.4 Å². The Bertz CT molecular complexity index is 1580. The Morgan fingerprint density at radius 2 is 1.07 bits per heavy atom. The van der Waals surface area contributed by atoms with Gasteiger partial charge in [0, 0.05) is 37.9 Å². The van der Waals surface area contributed by atoms with Crippen LogP contribution in [0.15, 0.2) is 72.8 Å². The lowest BCUT2D eigenvalue weighted by Crippen LogP contribution is -2.29. The van der Waals surface area contributed by atoms with E-state index in [0.717, 1.165) is 27.9 Å². The molecule has 10 heteroatoms. The van der Waals surface area contributed by atoms with Gasteiger partial charge in [-0.05, 0) is 78.1 Å². The summed E-state index contributed by atoms with van der Waals surface area (Å²) < 4.78 is 0. The third-order valence-corrected chi connectivity index (χ3v) is 9.76. The lowest BCUT2D eigenvalue weighted by atomic mass is 10.0. The van der Waals surface area contributed by atoms with Gasteiger partial charge in [0.1, 0.15) is 5.75 Å². The van der Waals surface area contributed by atoms with Crippen LogP contribution < -0.4 is 5.73 Å². The number of nitrogens with two attached hydrogens (primary N) is 1. The highest BCUT2D eigenvalue weighted by atomic mass is 35.5. The number of amides is 2. The van der Waals surface area contributed by atoms with Crippen molar-refractivity contribution in [2.24, 2.45) is 0 Å². The molecule has 0 aliphatic carbocycles. The van der Waals surface area contributed by atoms with Crippen LogP contribution in [0.2, 0.25) is 20.1 Å². The molecule has 0 aromatic heterocycles. The van der Waals surface area contributed by atoms with Crippen molar-refractivity contribution >= 4 is 63.9 Å². The molecule has 0 saturated heterocycles. The second kappa shape index (κ2) is 13.3. The smallest absolute Gasteiger partial charge is 0.227 e. The van der Waals surface area contributed by atoms with Gasteiger partial charge >= 0.3 is 0 Å². The molecular formula is C34H31Cl4N3O3. The van der Waals surface area contributed by atoms with Crippen LogP contribution in [0.3, 0.4) is 0 Å². The predicted molar refractivity (Wildman–Crippen MR) is 177 cm³/mol. The van der Waals surface area contributed by atoms with E-state index in [1.54, 1.807) is 53.4 Å². The summed E-state index contributed by atoms with van der Waals surface area (Å²) in [6.45, 7) is 4.91. The summed E-state index contributed by atoms with van der Waals surface area (Å²) in [6, 6.07) is 21.6. The van der Waals surface area contributed by atoms with Crippen molar-refractivity contribution in [3.63, 3.8) is 0 Å². The maximum Gasteiger partial charge on any atom is 0.227 e. The number of benzene rings is 4. The summed E-state index contributed by atoms with van der Waals surface area (Å²) in [7, 11) is 0. The zero-order valence-corrected chi connectivity index (χ0v) is 27.2. The molecule has 0 fully saturated rings. The van der Waals surface area contributed by atoms with E-state index in [0.29, 0.717) is 44.3 Å². The molecule has 3 N–H and O–H groups in total. The number of hydrogen-bond acceptors (Lipinski definition) is 4. The van der Waals surface area contributed by atoms with E-state index in [1.807, 2.05) is 43.0 Å². The molecule has 6 rings (SSSR count). The second-order valence-corrected chi connectivity index (χ2v) is 12.5. The first-order chi connectivity index (χ1) is 21.0. The molecule has 2 unspecified atom stereocenters. The Kier molecular flexibility index (Phi) is 9.66. The number of nitrogens with zero attached hydrogens (tertiary/aromatic N) is 2. The number of anilines is 1. The first-order valence-electron chi connectivity index (χ1n) is 14.1. The maximum absolute atomic E-state index is 12.7. The van der Waals surface area contributed by atoms with Crippen molar-refractivity contribution in [2.45, 2.75) is 51.9 Å². The van der Waals surface area contributed by atoms with E-state index in [1.165, 1.54) is 0 Å². The van der Waals surface area contributed by atoms with Gasteiger partial charge in [0.25, 0.3) is 0 Å². The van der Waals surface area contributed by atoms with Gasteiger partial charge in [-0.2, -0.15) is 0 Å². The summed E-state index contributed by atoms with van der Waals surface area (Å²) in [5.41, 5.74) is 12.0. The molecule has 2 aliphatic rings. The lowest BCUT2D eigenvalue weighted by Gasteiger charge is -2.22. The number of phenolic OH excluding ortho intramolecular Hbond substituents is 1. The summed E-state index contributed by atoms with van der Waals surface area (Å²) in [4.78, 5) is 28.9. The van der Waals surface area contributed by atoms with Crippen LogP contribution in [0.25, 0.3) is 0 Å². The number of carbonyl (C=O) groups is 2. The molecule has 2 atom stereocenters. The Labute approximate surface area is 276 Å². The minimum atomic E-state index is -0.0733. The van der Waals surface area contributed by atoms with Gasteiger partial charge in [-0.1, -0.05) is 82.8 Å². The average molecular weight is 671 g/mol. The Balaban J connectivity index is 0.000000175. The van der Waals surface area contributed by atoms with Gasteiger partial charge in [-0.3, -0.25) is 9.59 Å². The number of phenols is 1. The quantitative estimate of drug-likeness (QED) is 0.213. The molecule has 0 spiro atoms. The molecule has 44 heavy (non-hydrogen) atoms. The van der Waals surface area contributed by atoms with Crippen molar-refractivity contribution in [1.82, 2.24) is 9.80 Å². The number of rotatable bonds is 4. The van der Waals surface area contributed by atoms with Crippen LogP contribution in [0, 0.1) is 0 Å².